The number of carbonyl (C=O) groups excluding carboxylic acids is 1. The van der Waals surface area contributed by atoms with Crippen LogP contribution in [0.4, 0.5) is 11.4 Å². The molecular formula is C16H25N3O2. The molecule has 1 saturated heterocycles. The monoisotopic (exact) mass is 291 g/mol. The maximum Gasteiger partial charge on any atom is 0.238 e. The zero-order valence-electron chi connectivity index (χ0n) is 13.1. The molecule has 5 heteroatoms. The van der Waals surface area contributed by atoms with Gasteiger partial charge >= 0.3 is 0 Å². The number of ether oxygens (including phenoxy) is 1. The summed E-state index contributed by atoms with van der Waals surface area (Å²) in [5.74, 6) is 0.591. The first-order valence-electron chi connectivity index (χ1n) is 7.35. The van der Waals surface area contributed by atoms with Crippen LogP contribution >= 0.6 is 0 Å². The molecule has 0 spiro atoms. The predicted octanol–water partition coefficient (Wildman–Crippen LogP) is 2.34. The number of nitrogen functional groups attached to an aromatic ring is 1. The number of anilines is 2. The van der Waals surface area contributed by atoms with Gasteiger partial charge in [0.1, 0.15) is 5.75 Å². The number of nitrogens with two attached hydrogens (primary N) is 1. The van der Waals surface area contributed by atoms with Crippen molar-refractivity contribution in [3.63, 3.8) is 0 Å². The molecule has 116 valence electrons. The van der Waals surface area contributed by atoms with Crippen molar-refractivity contribution in [2.75, 3.05) is 37.8 Å². The van der Waals surface area contributed by atoms with Gasteiger partial charge in [-0.05, 0) is 43.0 Å². The van der Waals surface area contributed by atoms with E-state index in [1.807, 2.05) is 0 Å². The van der Waals surface area contributed by atoms with E-state index in [4.69, 9.17) is 10.5 Å². The van der Waals surface area contributed by atoms with Crippen molar-refractivity contribution >= 4 is 17.3 Å². The Morgan fingerprint density at radius 2 is 2.24 bits per heavy atom. The fourth-order valence-electron chi connectivity index (χ4n) is 2.90. The average Bonchev–Trinajstić information content (AvgIpc) is 2.37. The van der Waals surface area contributed by atoms with Crippen LogP contribution in [0.15, 0.2) is 18.2 Å². The van der Waals surface area contributed by atoms with Gasteiger partial charge in [0, 0.05) is 12.2 Å². The van der Waals surface area contributed by atoms with Gasteiger partial charge in [0.05, 0.1) is 19.3 Å². The Morgan fingerprint density at radius 1 is 1.48 bits per heavy atom. The number of hydrogen-bond acceptors (Lipinski definition) is 4. The van der Waals surface area contributed by atoms with E-state index in [1.54, 1.807) is 25.3 Å². The first-order chi connectivity index (χ1) is 9.89. The molecule has 1 amide bonds. The Kier molecular flexibility index (Phi) is 4.73. The number of benzene rings is 1. The first kappa shape index (κ1) is 15.6. The van der Waals surface area contributed by atoms with Crippen LogP contribution in [-0.4, -0.2) is 37.6 Å². The van der Waals surface area contributed by atoms with Crippen molar-refractivity contribution in [3.8, 4) is 5.75 Å². The van der Waals surface area contributed by atoms with Crippen LogP contribution in [-0.2, 0) is 4.79 Å². The van der Waals surface area contributed by atoms with Crippen molar-refractivity contribution in [1.82, 2.24) is 4.90 Å². The first-order valence-corrected chi connectivity index (χ1v) is 7.35. The Hall–Kier alpha value is -1.75. The molecule has 0 saturated carbocycles. The molecule has 0 unspecified atom stereocenters. The Morgan fingerprint density at radius 3 is 2.90 bits per heavy atom. The van der Waals surface area contributed by atoms with Gasteiger partial charge in [-0.15, -0.1) is 0 Å². The number of likely N-dealkylation sites (tertiary alicyclic amines) is 1. The minimum atomic E-state index is -0.0309. The summed E-state index contributed by atoms with van der Waals surface area (Å²) < 4.78 is 5.24. The summed E-state index contributed by atoms with van der Waals surface area (Å²) >= 11 is 0. The third-order valence-electron chi connectivity index (χ3n) is 3.84. The molecule has 3 N–H and O–H groups in total. The molecular weight excluding hydrogens is 266 g/mol. The smallest absolute Gasteiger partial charge is 0.238 e. The third-order valence-corrected chi connectivity index (χ3v) is 3.84. The van der Waals surface area contributed by atoms with E-state index < -0.39 is 0 Å². The molecule has 2 rings (SSSR count). The Balaban J connectivity index is 1.97. The van der Waals surface area contributed by atoms with Crippen LogP contribution < -0.4 is 15.8 Å². The van der Waals surface area contributed by atoms with Crippen molar-refractivity contribution in [3.05, 3.63) is 18.2 Å². The SMILES string of the molecule is COc1ccc(N)cc1NC(=O)CN1CCCC(C)(C)C1. The lowest BCUT2D eigenvalue weighted by Crippen LogP contribution is -2.43. The topological polar surface area (TPSA) is 67.6 Å². The van der Waals surface area contributed by atoms with Gasteiger partial charge in [0.2, 0.25) is 5.91 Å². The second-order valence-corrected chi connectivity index (χ2v) is 6.49. The van der Waals surface area contributed by atoms with E-state index in [1.165, 1.54) is 6.42 Å². The molecule has 5 nitrogen and oxygen atoms in total. The highest BCUT2D eigenvalue weighted by Gasteiger charge is 2.27. The van der Waals surface area contributed by atoms with Crippen LogP contribution in [0.25, 0.3) is 0 Å². The van der Waals surface area contributed by atoms with E-state index in [0.29, 0.717) is 23.7 Å². The molecule has 21 heavy (non-hydrogen) atoms. The van der Waals surface area contributed by atoms with E-state index in [9.17, 15) is 4.79 Å². The molecule has 1 fully saturated rings. The summed E-state index contributed by atoms with van der Waals surface area (Å²) in [6, 6.07) is 5.23. The van der Waals surface area contributed by atoms with Crippen LogP contribution in [0.2, 0.25) is 0 Å². The summed E-state index contributed by atoms with van der Waals surface area (Å²) in [7, 11) is 1.58. The number of nitrogens with one attached hydrogen (secondary N) is 1. The van der Waals surface area contributed by atoms with Crippen molar-refractivity contribution in [2.45, 2.75) is 26.7 Å². The van der Waals surface area contributed by atoms with Gasteiger partial charge in [-0.2, -0.15) is 0 Å². The molecule has 0 aromatic heterocycles. The molecule has 0 atom stereocenters. The second-order valence-electron chi connectivity index (χ2n) is 6.49. The zero-order valence-corrected chi connectivity index (χ0v) is 13.1. The molecule has 1 aliphatic heterocycles. The second kappa shape index (κ2) is 6.35. The minimum absolute atomic E-state index is 0.0309. The number of piperidine rings is 1. The summed E-state index contributed by atoms with van der Waals surface area (Å²) in [6.07, 6.45) is 2.36. The summed E-state index contributed by atoms with van der Waals surface area (Å²) in [5.41, 5.74) is 7.27. The van der Waals surface area contributed by atoms with Gasteiger partial charge in [0.25, 0.3) is 0 Å². The summed E-state index contributed by atoms with van der Waals surface area (Å²) in [6.45, 7) is 6.83. The van der Waals surface area contributed by atoms with Crippen molar-refractivity contribution in [1.29, 1.82) is 0 Å². The lowest BCUT2D eigenvalue weighted by Gasteiger charge is -2.37. The van der Waals surface area contributed by atoms with Gasteiger partial charge in [-0.3, -0.25) is 9.69 Å². The maximum absolute atomic E-state index is 12.2. The molecule has 0 radical (unpaired) electrons. The van der Waals surface area contributed by atoms with E-state index in [-0.39, 0.29) is 11.3 Å². The molecule has 1 heterocycles. The van der Waals surface area contributed by atoms with Gasteiger partial charge in [-0.1, -0.05) is 13.8 Å². The molecule has 0 aliphatic carbocycles. The highest BCUT2D eigenvalue weighted by molar-refractivity contribution is 5.94. The lowest BCUT2D eigenvalue weighted by molar-refractivity contribution is -0.118. The minimum Gasteiger partial charge on any atom is -0.495 e. The Bertz CT molecular complexity index is 514. The summed E-state index contributed by atoms with van der Waals surface area (Å²) in [4.78, 5) is 14.4. The zero-order chi connectivity index (χ0) is 15.5. The van der Waals surface area contributed by atoms with Crippen molar-refractivity contribution in [2.24, 2.45) is 5.41 Å². The van der Waals surface area contributed by atoms with Gasteiger partial charge in [0.15, 0.2) is 0 Å². The Labute approximate surface area is 126 Å². The van der Waals surface area contributed by atoms with Crippen LogP contribution in [0.5, 0.6) is 5.75 Å². The maximum atomic E-state index is 12.2. The van der Waals surface area contributed by atoms with Gasteiger partial charge in [-0.25, -0.2) is 0 Å². The third kappa shape index (κ3) is 4.36. The fourth-order valence-corrected chi connectivity index (χ4v) is 2.90. The number of hydrogen-bond donors (Lipinski definition) is 2. The largest absolute Gasteiger partial charge is 0.495 e. The number of methoxy groups -OCH3 is 1. The molecule has 0 bridgehead atoms. The molecule has 1 aromatic carbocycles. The van der Waals surface area contributed by atoms with E-state index in [2.05, 4.69) is 24.1 Å². The number of amides is 1. The number of nitrogens with zero attached hydrogens (tertiary/aromatic N) is 1. The molecule has 1 aromatic rings. The van der Waals surface area contributed by atoms with Crippen molar-refractivity contribution < 1.29 is 9.53 Å². The number of rotatable bonds is 4. The predicted molar refractivity (Wildman–Crippen MR) is 85.5 cm³/mol. The van der Waals surface area contributed by atoms with Crippen LogP contribution in [0.1, 0.15) is 26.7 Å². The highest BCUT2D eigenvalue weighted by atomic mass is 16.5. The molecule has 1 aliphatic rings. The average molecular weight is 291 g/mol. The normalized spacial score (nSPS) is 18.2. The van der Waals surface area contributed by atoms with Gasteiger partial charge < -0.3 is 15.8 Å². The van der Waals surface area contributed by atoms with E-state index in [0.717, 1.165) is 19.5 Å². The summed E-state index contributed by atoms with van der Waals surface area (Å²) in [5, 5.41) is 2.89. The van der Waals surface area contributed by atoms with Crippen LogP contribution in [0.3, 0.4) is 0 Å². The lowest BCUT2D eigenvalue weighted by atomic mass is 9.84. The quantitative estimate of drug-likeness (QED) is 0.836. The number of carbonyl (C=O) groups is 1. The van der Waals surface area contributed by atoms with Crippen LogP contribution in [0, 0.1) is 5.41 Å². The highest BCUT2D eigenvalue weighted by Crippen LogP contribution is 2.29. The standard InChI is InChI=1S/C16H25N3O2/c1-16(2)7-4-8-19(11-16)10-15(20)18-13-9-12(17)5-6-14(13)21-3/h5-6,9H,4,7-8,10-11,17H2,1-3H3,(H,18,20). The van der Waals surface area contributed by atoms with E-state index >= 15 is 0 Å². The fraction of sp³-hybridized carbons (Fsp3) is 0.562.